The summed E-state index contributed by atoms with van der Waals surface area (Å²) in [6.45, 7) is 5.08. The Kier molecular flexibility index (Phi) is 7.20. The van der Waals surface area contributed by atoms with Gasteiger partial charge in [0, 0.05) is 19.1 Å². The molecule has 0 spiro atoms. The van der Waals surface area contributed by atoms with E-state index in [9.17, 15) is 9.59 Å². The van der Waals surface area contributed by atoms with Gasteiger partial charge in [0.1, 0.15) is 6.61 Å². The van der Waals surface area contributed by atoms with Crippen LogP contribution in [-0.4, -0.2) is 67.4 Å². The summed E-state index contributed by atoms with van der Waals surface area (Å²) in [5.74, 6) is -1.01. The number of ether oxygens (including phenoxy) is 1. The summed E-state index contributed by atoms with van der Waals surface area (Å²) < 4.78 is 4.80. The number of nitrogens with one attached hydrogen (secondary N) is 2. The number of hydrogen-bond acceptors (Lipinski definition) is 4. The molecule has 0 aromatic rings. The molecule has 7 nitrogen and oxygen atoms in total. The average Bonchev–Trinajstić information content (AvgIpc) is 2.89. The maximum Gasteiger partial charge on any atom is 0.329 e. The fourth-order valence-corrected chi connectivity index (χ4v) is 2.01. The lowest BCUT2D eigenvalue weighted by atomic mass is 10.3. The molecule has 0 saturated carbocycles. The molecule has 1 rings (SSSR count). The van der Waals surface area contributed by atoms with Crippen LogP contribution in [0.2, 0.25) is 0 Å². The van der Waals surface area contributed by atoms with Crippen LogP contribution >= 0.6 is 0 Å². The molecule has 1 aliphatic heterocycles. The van der Waals surface area contributed by atoms with Crippen LogP contribution < -0.4 is 10.6 Å². The van der Waals surface area contributed by atoms with E-state index in [1.54, 1.807) is 0 Å². The third kappa shape index (κ3) is 6.97. The molecule has 1 unspecified atom stereocenters. The zero-order chi connectivity index (χ0) is 14.1. The second-order valence-electron chi connectivity index (χ2n) is 4.68. The van der Waals surface area contributed by atoms with Gasteiger partial charge in [0.05, 0.1) is 6.61 Å². The number of amides is 2. The van der Waals surface area contributed by atoms with E-state index in [-0.39, 0.29) is 19.2 Å². The van der Waals surface area contributed by atoms with Crippen LogP contribution in [0, 0.1) is 0 Å². The summed E-state index contributed by atoms with van der Waals surface area (Å²) >= 11 is 0. The average molecular weight is 273 g/mol. The topological polar surface area (TPSA) is 90.9 Å². The highest BCUT2D eigenvalue weighted by molar-refractivity contribution is 5.73. The number of aliphatic carboxylic acids is 1. The molecule has 19 heavy (non-hydrogen) atoms. The lowest BCUT2D eigenvalue weighted by molar-refractivity contribution is -0.142. The Morgan fingerprint density at radius 2 is 2.00 bits per heavy atom. The van der Waals surface area contributed by atoms with Crippen LogP contribution in [-0.2, 0) is 9.53 Å². The van der Waals surface area contributed by atoms with E-state index in [1.165, 1.54) is 12.8 Å². The monoisotopic (exact) mass is 273 g/mol. The van der Waals surface area contributed by atoms with E-state index in [0.29, 0.717) is 19.1 Å². The van der Waals surface area contributed by atoms with Crippen LogP contribution in [0.25, 0.3) is 0 Å². The van der Waals surface area contributed by atoms with Gasteiger partial charge in [0.25, 0.3) is 0 Å². The standard InChI is InChI=1S/C12H23N3O4/c1-10(15-5-2-3-6-15)8-14-12(18)13-4-7-19-9-11(16)17/h10H,2-9H2,1H3,(H,16,17)(H2,13,14,18). The highest BCUT2D eigenvalue weighted by Crippen LogP contribution is 2.10. The molecular weight excluding hydrogens is 250 g/mol. The number of nitrogens with zero attached hydrogens (tertiary/aromatic N) is 1. The zero-order valence-electron chi connectivity index (χ0n) is 11.4. The van der Waals surface area contributed by atoms with Crippen molar-refractivity contribution in [2.75, 3.05) is 39.4 Å². The smallest absolute Gasteiger partial charge is 0.329 e. The van der Waals surface area contributed by atoms with E-state index in [4.69, 9.17) is 9.84 Å². The van der Waals surface area contributed by atoms with Crippen LogP contribution in [0.3, 0.4) is 0 Å². The lowest BCUT2D eigenvalue weighted by Gasteiger charge is -2.23. The number of carboxylic acids is 1. The van der Waals surface area contributed by atoms with E-state index >= 15 is 0 Å². The Morgan fingerprint density at radius 3 is 2.63 bits per heavy atom. The molecule has 1 atom stereocenters. The van der Waals surface area contributed by atoms with E-state index in [2.05, 4.69) is 22.5 Å². The van der Waals surface area contributed by atoms with Gasteiger partial charge >= 0.3 is 12.0 Å². The van der Waals surface area contributed by atoms with Crippen molar-refractivity contribution in [2.45, 2.75) is 25.8 Å². The predicted molar refractivity (Wildman–Crippen MR) is 70.1 cm³/mol. The van der Waals surface area contributed by atoms with Gasteiger partial charge in [-0.15, -0.1) is 0 Å². The van der Waals surface area contributed by atoms with E-state index in [1.807, 2.05) is 0 Å². The molecule has 110 valence electrons. The zero-order valence-corrected chi connectivity index (χ0v) is 11.4. The first kappa shape index (κ1) is 15.7. The first-order chi connectivity index (χ1) is 9.09. The Morgan fingerprint density at radius 1 is 1.32 bits per heavy atom. The summed E-state index contributed by atoms with van der Waals surface area (Å²) in [5, 5.41) is 13.8. The lowest BCUT2D eigenvalue weighted by Crippen LogP contribution is -2.45. The third-order valence-corrected chi connectivity index (χ3v) is 3.08. The van der Waals surface area contributed by atoms with Crippen molar-refractivity contribution in [1.82, 2.24) is 15.5 Å². The molecule has 3 N–H and O–H groups in total. The highest BCUT2D eigenvalue weighted by Gasteiger charge is 2.18. The number of carboxylic acid groups (broad SMARTS) is 1. The summed E-state index contributed by atoms with van der Waals surface area (Å²) in [6, 6.07) is 0.0986. The molecule has 1 aliphatic rings. The molecular formula is C12H23N3O4. The van der Waals surface area contributed by atoms with E-state index in [0.717, 1.165) is 13.1 Å². The second-order valence-corrected chi connectivity index (χ2v) is 4.68. The summed E-state index contributed by atoms with van der Waals surface area (Å²) in [4.78, 5) is 24.0. The first-order valence-corrected chi connectivity index (χ1v) is 6.65. The maximum atomic E-state index is 11.4. The van der Waals surface area contributed by atoms with Gasteiger partial charge in [-0.25, -0.2) is 9.59 Å². The fraction of sp³-hybridized carbons (Fsp3) is 0.833. The van der Waals surface area contributed by atoms with Crippen molar-refractivity contribution in [3.63, 3.8) is 0 Å². The summed E-state index contributed by atoms with van der Waals surface area (Å²) in [5.41, 5.74) is 0. The van der Waals surface area contributed by atoms with Gasteiger partial charge in [0.2, 0.25) is 0 Å². The molecule has 0 bridgehead atoms. The minimum Gasteiger partial charge on any atom is -0.480 e. The van der Waals surface area contributed by atoms with Crippen molar-refractivity contribution >= 4 is 12.0 Å². The van der Waals surface area contributed by atoms with Crippen LogP contribution in [0.1, 0.15) is 19.8 Å². The predicted octanol–water partition coefficient (Wildman–Crippen LogP) is -0.129. The fourth-order valence-electron chi connectivity index (χ4n) is 2.01. The molecule has 0 aromatic heterocycles. The molecule has 1 saturated heterocycles. The van der Waals surface area contributed by atoms with Gasteiger partial charge in [0.15, 0.2) is 0 Å². The molecule has 7 heteroatoms. The Bertz CT molecular complexity index is 293. The number of likely N-dealkylation sites (tertiary alicyclic amines) is 1. The van der Waals surface area contributed by atoms with Gasteiger partial charge < -0.3 is 20.5 Å². The van der Waals surface area contributed by atoms with Gasteiger partial charge in [-0.1, -0.05) is 0 Å². The SMILES string of the molecule is CC(CNC(=O)NCCOCC(=O)O)N1CCCC1. The molecule has 0 aliphatic carbocycles. The Balaban J connectivity index is 1.99. The van der Waals surface area contributed by atoms with Gasteiger partial charge in [-0.3, -0.25) is 4.90 Å². The molecule has 1 fully saturated rings. The summed E-state index contributed by atoms with van der Waals surface area (Å²) in [7, 11) is 0. The third-order valence-electron chi connectivity index (χ3n) is 3.08. The van der Waals surface area contributed by atoms with Crippen molar-refractivity contribution in [1.29, 1.82) is 0 Å². The number of carbonyl (C=O) groups is 2. The molecule has 0 radical (unpaired) electrons. The van der Waals surface area contributed by atoms with E-state index < -0.39 is 5.97 Å². The quantitative estimate of drug-likeness (QED) is 0.536. The van der Waals surface area contributed by atoms with Crippen LogP contribution in [0.4, 0.5) is 4.79 Å². The molecule has 1 heterocycles. The van der Waals surface area contributed by atoms with Crippen LogP contribution in [0.15, 0.2) is 0 Å². The van der Waals surface area contributed by atoms with Crippen molar-refractivity contribution < 1.29 is 19.4 Å². The first-order valence-electron chi connectivity index (χ1n) is 6.65. The van der Waals surface area contributed by atoms with Crippen molar-refractivity contribution in [3.8, 4) is 0 Å². The van der Waals surface area contributed by atoms with Crippen LogP contribution in [0.5, 0.6) is 0 Å². The minimum atomic E-state index is -1.01. The molecule has 2 amide bonds. The number of hydrogen-bond donors (Lipinski definition) is 3. The Labute approximate surface area is 113 Å². The number of urea groups is 1. The number of rotatable bonds is 8. The largest absolute Gasteiger partial charge is 0.480 e. The normalized spacial score (nSPS) is 17.1. The van der Waals surface area contributed by atoms with Gasteiger partial charge in [-0.05, 0) is 32.9 Å². The number of carbonyl (C=O) groups excluding carboxylic acids is 1. The minimum absolute atomic E-state index is 0.196. The summed E-state index contributed by atoms with van der Waals surface area (Å²) in [6.07, 6.45) is 2.47. The second kappa shape index (κ2) is 8.71. The Hall–Kier alpha value is -1.34. The maximum absolute atomic E-state index is 11.4. The van der Waals surface area contributed by atoms with Crippen molar-refractivity contribution in [3.05, 3.63) is 0 Å². The van der Waals surface area contributed by atoms with Crippen molar-refractivity contribution in [2.24, 2.45) is 0 Å². The van der Waals surface area contributed by atoms with Gasteiger partial charge in [-0.2, -0.15) is 0 Å². The highest BCUT2D eigenvalue weighted by atomic mass is 16.5. The molecule has 0 aromatic carbocycles.